The number of benzene rings is 1. The highest BCUT2D eigenvalue weighted by molar-refractivity contribution is 9.10. The van der Waals surface area contributed by atoms with Crippen molar-refractivity contribution < 1.29 is 9.72 Å². The molecule has 7 heteroatoms. The monoisotopic (exact) mass is 299 g/mol. The van der Waals surface area contributed by atoms with Crippen molar-refractivity contribution in [3.05, 3.63) is 32.8 Å². The zero-order valence-corrected chi connectivity index (χ0v) is 10.4. The van der Waals surface area contributed by atoms with Crippen LogP contribution in [0.4, 0.5) is 11.4 Å². The first-order valence-electron chi connectivity index (χ1n) is 4.99. The Bertz CT molecular complexity index is 492. The minimum absolute atomic E-state index is 0.0449. The SMILES string of the molecule is NC1CC(=O)N(c2cc([N+](=O)[O-])ccc2Br)C1. The molecule has 1 atom stereocenters. The van der Waals surface area contributed by atoms with E-state index < -0.39 is 4.92 Å². The molecule has 6 nitrogen and oxygen atoms in total. The maximum Gasteiger partial charge on any atom is 0.271 e. The van der Waals surface area contributed by atoms with E-state index in [2.05, 4.69) is 15.9 Å². The van der Waals surface area contributed by atoms with Gasteiger partial charge >= 0.3 is 0 Å². The van der Waals surface area contributed by atoms with Crippen molar-refractivity contribution in [2.45, 2.75) is 12.5 Å². The van der Waals surface area contributed by atoms with Gasteiger partial charge in [0.05, 0.1) is 10.6 Å². The molecule has 1 saturated heterocycles. The standard InChI is InChI=1S/C10H10BrN3O3/c11-8-2-1-7(14(16)17)4-9(8)13-5-6(12)3-10(13)15/h1-2,4,6H,3,5,12H2. The summed E-state index contributed by atoms with van der Waals surface area (Å²) in [5.41, 5.74) is 6.14. The van der Waals surface area contributed by atoms with Crippen LogP contribution in [0.25, 0.3) is 0 Å². The van der Waals surface area contributed by atoms with E-state index >= 15 is 0 Å². The summed E-state index contributed by atoms with van der Waals surface area (Å²) >= 11 is 3.28. The van der Waals surface area contributed by atoms with E-state index in [4.69, 9.17) is 5.73 Å². The van der Waals surface area contributed by atoms with Crippen LogP contribution < -0.4 is 10.6 Å². The lowest BCUT2D eigenvalue weighted by Gasteiger charge is -2.17. The number of carbonyl (C=O) groups is 1. The van der Waals surface area contributed by atoms with Crippen molar-refractivity contribution in [1.29, 1.82) is 0 Å². The number of carbonyl (C=O) groups excluding carboxylic acids is 1. The number of nitro groups is 1. The van der Waals surface area contributed by atoms with Crippen LogP contribution in [0.3, 0.4) is 0 Å². The number of hydrogen-bond acceptors (Lipinski definition) is 4. The predicted molar refractivity (Wildman–Crippen MR) is 65.7 cm³/mol. The van der Waals surface area contributed by atoms with Crippen molar-refractivity contribution in [1.82, 2.24) is 0 Å². The largest absolute Gasteiger partial charge is 0.326 e. The minimum Gasteiger partial charge on any atom is -0.326 e. The number of non-ortho nitro benzene ring substituents is 1. The van der Waals surface area contributed by atoms with E-state index in [0.717, 1.165) is 0 Å². The Morgan fingerprint density at radius 3 is 2.76 bits per heavy atom. The molecular weight excluding hydrogens is 290 g/mol. The molecule has 0 radical (unpaired) electrons. The Balaban J connectivity index is 2.41. The Kier molecular flexibility index (Phi) is 3.12. The number of halogens is 1. The molecule has 0 aliphatic carbocycles. The maximum atomic E-state index is 11.7. The van der Waals surface area contributed by atoms with Crippen LogP contribution in [0.5, 0.6) is 0 Å². The molecule has 0 bridgehead atoms. The number of nitrogens with two attached hydrogens (primary N) is 1. The maximum absolute atomic E-state index is 11.7. The Labute approximate surface area is 106 Å². The van der Waals surface area contributed by atoms with Gasteiger partial charge in [0, 0.05) is 35.6 Å². The zero-order valence-electron chi connectivity index (χ0n) is 8.80. The number of rotatable bonds is 2. The van der Waals surface area contributed by atoms with Gasteiger partial charge in [-0.15, -0.1) is 0 Å². The molecule has 2 N–H and O–H groups in total. The lowest BCUT2D eigenvalue weighted by molar-refractivity contribution is -0.384. The summed E-state index contributed by atoms with van der Waals surface area (Å²) in [6, 6.07) is 4.10. The van der Waals surface area contributed by atoms with Gasteiger partial charge < -0.3 is 10.6 Å². The van der Waals surface area contributed by atoms with Gasteiger partial charge in [0.15, 0.2) is 0 Å². The summed E-state index contributed by atoms with van der Waals surface area (Å²) in [7, 11) is 0. The van der Waals surface area contributed by atoms with E-state index in [-0.39, 0.29) is 24.1 Å². The third-order valence-corrected chi connectivity index (χ3v) is 3.26. The van der Waals surface area contributed by atoms with Crippen molar-refractivity contribution in [3.8, 4) is 0 Å². The second-order valence-electron chi connectivity index (χ2n) is 3.86. The summed E-state index contributed by atoms with van der Waals surface area (Å²) in [5, 5.41) is 10.7. The fraction of sp³-hybridized carbons (Fsp3) is 0.300. The molecule has 1 aliphatic heterocycles. The fourth-order valence-electron chi connectivity index (χ4n) is 1.79. The Morgan fingerprint density at radius 2 is 2.24 bits per heavy atom. The lowest BCUT2D eigenvalue weighted by atomic mass is 10.2. The molecule has 1 aliphatic rings. The highest BCUT2D eigenvalue weighted by atomic mass is 79.9. The summed E-state index contributed by atoms with van der Waals surface area (Å²) in [5.74, 6) is -0.112. The highest BCUT2D eigenvalue weighted by Crippen LogP contribution is 2.32. The van der Waals surface area contributed by atoms with E-state index in [0.29, 0.717) is 16.7 Å². The number of anilines is 1. The van der Waals surface area contributed by atoms with Crippen LogP contribution in [0.15, 0.2) is 22.7 Å². The molecule has 0 saturated carbocycles. The second kappa shape index (κ2) is 4.42. The minimum atomic E-state index is -0.490. The second-order valence-corrected chi connectivity index (χ2v) is 4.72. The van der Waals surface area contributed by atoms with Gasteiger partial charge in [0.25, 0.3) is 5.69 Å². The molecule has 0 spiro atoms. The molecule has 0 aromatic heterocycles. The number of nitrogens with zero attached hydrogens (tertiary/aromatic N) is 2. The molecule has 1 amide bonds. The van der Waals surface area contributed by atoms with Crippen molar-refractivity contribution in [2.24, 2.45) is 5.73 Å². The number of hydrogen-bond donors (Lipinski definition) is 1. The van der Waals surface area contributed by atoms with Crippen LogP contribution in [0, 0.1) is 10.1 Å². The van der Waals surface area contributed by atoms with Crippen molar-refractivity contribution in [2.75, 3.05) is 11.4 Å². The molecule has 1 fully saturated rings. The van der Waals surface area contributed by atoms with E-state index in [1.54, 1.807) is 6.07 Å². The Morgan fingerprint density at radius 1 is 1.53 bits per heavy atom. The highest BCUT2D eigenvalue weighted by Gasteiger charge is 2.30. The lowest BCUT2D eigenvalue weighted by Crippen LogP contribution is -2.28. The molecular formula is C10H10BrN3O3. The summed E-state index contributed by atoms with van der Waals surface area (Å²) < 4.78 is 0.644. The summed E-state index contributed by atoms with van der Waals surface area (Å²) in [4.78, 5) is 23.3. The number of nitro benzene ring substituents is 1. The molecule has 1 aromatic carbocycles. The smallest absolute Gasteiger partial charge is 0.271 e. The molecule has 1 heterocycles. The normalized spacial score (nSPS) is 19.8. The van der Waals surface area contributed by atoms with Crippen LogP contribution in [-0.2, 0) is 4.79 Å². The zero-order chi connectivity index (χ0) is 12.6. The summed E-state index contributed by atoms with van der Waals surface area (Å²) in [6.07, 6.45) is 0.273. The van der Waals surface area contributed by atoms with Crippen LogP contribution in [-0.4, -0.2) is 23.4 Å². The van der Waals surface area contributed by atoms with Gasteiger partial charge in [0.1, 0.15) is 0 Å². The average molecular weight is 300 g/mol. The van der Waals surface area contributed by atoms with Gasteiger partial charge in [-0.3, -0.25) is 14.9 Å². The first-order chi connectivity index (χ1) is 7.99. The molecule has 17 heavy (non-hydrogen) atoms. The van der Waals surface area contributed by atoms with Crippen molar-refractivity contribution >= 4 is 33.2 Å². The third kappa shape index (κ3) is 2.29. The summed E-state index contributed by atoms with van der Waals surface area (Å²) in [6.45, 7) is 0.388. The van der Waals surface area contributed by atoms with Crippen LogP contribution in [0.1, 0.15) is 6.42 Å². The quantitative estimate of drug-likeness (QED) is 0.660. The predicted octanol–water partition coefficient (Wildman–Crippen LogP) is 1.42. The van der Waals surface area contributed by atoms with Gasteiger partial charge in [-0.2, -0.15) is 0 Å². The van der Waals surface area contributed by atoms with Crippen LogP contribution >= 0.6 is 15.9 Å². The van der Waals surface area contributed by atoms with E-state index in [1.165, 1.54) is 17.0 Å². The Hall–Kier alpha value is -1.47. The molecule has 90 valence electrons. The molecule has 1 aromatic rings. The van der Waals surface area contributed by atoms with Gasteiger partial charge in [-0.05, 0) is 22.0 Å². The number of amides is 1. The first-order valence-corrected chi connectivity index (χ1v) is 5.78. The van der Waals surface area contributed by atoms with Gasteiger partial charge in [-0.25, -0.2) is 0 Å². The topological polar surface area (TPSA) is 89.5 Å². The van der Waals surface area contributed by atoms with E-state index in [9.17, 15) is 14.9 Å². The van der Waals surface area contributed by atoms with Gasteiger partial charge in [-0.1, -0.05) is 0 Å². The first kappa shape index (κ1) is 12.0. The van der Waals surface area contributed by atoms with Crippen molar-refractivity contribution in [3.63, 3.8) is 0 Å². The molecule has 1 unspecified atom stereocenters. The molecule has 2 rings (SSSR count). The third-order valence-electron chi connectivity index (χ3n) is 2.59. The van der Waals surface area contributed by atoms with Crippen LogP contribution in [0.2, 0.25) is 0 Å². The fourth-order valence-corrected chi connectivity index (χ4v) is 2.25. The van der Waals surface area contributed by atoms with E-state index in [1.807, 2.05) is 0 Å². The van der Waals surface area contributed by atoms with Gasteiger partial charge in [0.2, 0.25) is 5.91 Å². The average Bonchev–Trinajstić information content (AvgIpc) is 2.58.